The maximum Gasteiger partial charge on any atom is 0.158 e. The molecule has 0 saturated carbocycles. The number of unbranched alkanes of at least 4 members (excludes halogenated alkanes) is 4. The minimum atomic E-state index is 0.0379. The molecule has 0 bridgehead atoms. The van der Waals surface area contributed by atoms with Crippen molar-refractivity contribution in [2.75, 3.05) is 13.2 Å². The van der Waals surface area contributed by atoms with E-state index < -0.39 is 0 Å². The molecule has 0 aromatic rings. The van der Waals surface area contributed by atoms with Gasteiger partial charge in [0.15, 0.2) is 6.29 Å². The molecule has 3 heteroatoms. The van der Waals surface area contributed by atoms with Crippen molar-refractivity contribution in [3.63, 3.8) is 0 Å². The van der Waals surface area contributed by atoms with Gasteiger partial charge in [-0.1, -0.05) is 26.2 Å². The average molecular weight is 230 g/mol. The zero-order valence-electron chi connectivity index (χ0n) is 10.5. The lowest BCUT2D eigenvalue weighted by atomic mass is 10.1. The second kappa shape index (κ2) is 8.97. The second-order valence-electron chi connectivity index (χ2n) is 4.59. The highest BCUT2D eigenvalue weighted by molar-refractivity contribution is 4.65. The molecule has 1 saturated heterocycles. The van der Waals surface area contributed by atoms with Crippen molar-refractivity contribution < 1.29 is 14.6 Å². The Balaban J connectivity index is 1.97. The molecule has 1 fully saturated rings. The van der Waals surface area contributed by atoms with Gasteiger partial charge in [0.1, 0.15) is 0 Å². The number of hydrogen-bond donors (Lipinski definition) is 1. The molecule has 16 heavy (non-hydrogen) atoms. The predicted molar refractivity (Wildman–Crippen MR) is 64.3 cm³/mol. The van der Waals surface area contributed by atoms with Gasteiger partial charge >= 0.3 is 0 Å². The van der Waals surface area contributed by atoms with E-state index in [9.17, 15) is 0 Å². The summed E-state index contributed by atoms with van der Waals surface area (Å²) in [7, 11) is 0. The van der Waals surface area contributed by atoms with Crippen LogP contribution in [0.1, 0.15) is 58.3 Å². The molecule has 1 aliphatic rings. The highest BCUT2D eigenvalue weighted by atomic mass is 16.7. The molecule has 1 N–H and O–H groups in total. The summed E-state index contributed by atoms with van der Waals surface area (Å²) >= 11 is 0. The number of ether oxygens (including phenoxy) is 2. The van der Waals surface area contributed by atoms with Crippen LogP contribution in [0.4, 0.5) is 0 Å². The molecule has 1 heterocycles. The summed E-state index contributed by atoms with van der Waals surface area (Å²) in [5.74, 6) is 0. The Hall–Kier alpha value is -0.120. The topological polar surface area (TPSA) is 38.7 Å². The largest absolute Gasteiger partial charge is 0.396 e. The van der Waals surface area contributed by atoms with Crippen molar-refractivity contribution in [2.24, 2.45) is 0 Å². The van der Waals surface area contributed by atoms with E-state index in [0.29, 0.717) is 0 Å². The molecule has 2 atom stereocenters. The van der Waals surface area contributed by atoms with Gasteiger partial charge in [-0.05, 0) is 32.1 Å². The summed E-state index contributed by atoms with van der Waals surface area (Å²) in [5.41, 5.74) is 0. The van der Waals surface area contributed by atoms with Crippen LogP contribution in [0.5, 0.6) is 0 Å². The molecule has 3 nitrogen and oxygen atoms in total. The predicted octanol–water partition coefficient (Wildman–Crippen LogP) is 2.86. The molecular weight excluding hydrogens is 204 g/mol. The van der Waals surface area contributed by atoms with Crippen LogP contribution in [0.25, 0.3) is 0 Å². The van der Waals surface area contributed by atoms with Crippen LogP contribution < -0.4 is 0 Å². The van der Waals surface area contributed by atoms with Crippen LogP contribution in [0.3, 0.4) is 0 Å². The molecular formula is C13H26O3. The van der Waals surface area contributed by atoms with Gasteiger partial charge in [0.05, 0.1) is 12.7 Å². The van der Waals surface area contributed by atoms with Gasteiger partial charge in [-0.25, -0.2) is 0 Å². The molecule has 2 unspecified atom stereocenters. The van der Waals surface area contributed by atoms with Crippen LogP contribution in [-0.4, -0.2) is 30.7 Å². The Kier molecular flexibility index (Phi) is 7.81. The summed E-state index contributed by atoms with van der Waals surface area (Å²) in [5, 5.41) is 8.69. The van der Waals surface area contributed by atoms with Gasteiger partial charge in [0.25, 0.3) is 0 Å². The number of aliphatic hydroxyl groups excluding tert-OH is 1. The van der Waals surface area contributed by atoms with E-state index >= 15 is 0 Å². The Bertz CT molecular complexity index is 161. The first-order valence-electron chi connectivity index (χ1n) is 6.74. The molecule has 0 amide bonds. The number of rotatable bonds is 9. The van der Waals surface area contributed by atoms with E-state index in [1.807, 2.05) is 0 Å². The second-order valence-corrected chi connectivity index (χ2v) is 4.59. The molecule has 0 aromatic carbocycles. The molecule has 96 valence electrons. The zero-order chi connectivity index (χ0) is 11.6. The van der Waals surface area contributed by atoms with Crippen molar-refractivity contribution in [1.82, 2.24) is 0 Å². The van der Waals surface area contributed by atoms with Gasteiger partial charge in [0.2, 0.25) is 0 Å². The summed E-state index contributed by atoms with van der Waals surface area (Å²) in [4.78, 5) is 0. The van der Waals surface area contributed by atoms with Crippen molar-refractivity contribution in [1.29, 1.82) is 0 Å². The van der Waals surface area contributed by atoms with Gasteiger partial charge in [-0.3, -0.25) is 0 Å². The van der Waals surface area contributed by atoms with E-state index in [4.69, 9.17) is 14.6 Å². The van der Waals surface area contributed by atoms with E-state index in [1.54, 1.807) is 0 Å². The van der Waals surface area contributed by atoms with Crippen LogP contribution in [0.2, 0.25) is 0 Å². The molecule has 1 aliphatic heterocycles. The molecule has 0 aliphatic carbocycles. The number of hydrogen-bond acceptors (Lipinski definition) is 3. The average Bonchev–Trinajstić information content (AvgIpc) is 2.73. The lowest BCUT2D eigenvalue weighted by molar-refractivity contribution is -0.0644. The van der Waals surface area contributed by atoms with E-state index in [0.717, 1.165) is 32.3 Å². The van der Waals surface area contributed by atoms with E-state index in [-0.39, 0.29) is 19.0 Å². The fourth-order valence-electron chi connectivity index (χ4n) is 2.03. The van der Waals surface area contributed by atoms with Crippen LogP contribution in [0, 0.1) is 0 Å². The van der Waals surface area contributed by atoms with Crippen LogP contribution in [-0.2, 0) is 9.47 Å². The van der Waals surface area contributed by atoms with Crippen LogP contribution in [0.15, 0.2) is 0 Å². The first-order chi connectivity index (χ1) is 7.86. The number of aliphatic hydroxyl groups is 1. The lowest BCUT2D eigenvalue weighted by Gasteiger charge is -2.10. The Morgan fingerprint density at radius 1 is 1.06 bits per heavy atom. The summed E-state index contributed by atoms with van der Waals surface area (Å²) in [6, 6.07) is 0. The highest BCUT2D eigenvalue weighted by Gasteiger charge is 2.24. The third kappa shape index (κ3) is 5.83. The quantitative estimate of drug-likeness (QED) is 0.619. The fraction of sp³-hybridized carbons (Fsp3) is 1.00. The Morgan fingerprint density at radius 2 is 1.88 bits per heavy atom. The lowest BCUT2D eigenvalue weighted by Crippen LogP contribution is -2.12. The van der Waals surface area contributed by atoms with Crippen LogP contribution >= 0.6 is 0 Å². The minimum absolute atomic E-state index is 0.0379. The summed E-state index contributed by atoms with van der Waals surface area (Å²) in [6.07, 6.45) is 9.36. The third-order valence-corrected chi connectivity index (χ3v) is 3.04. The SMILES string of the molecule is CCCCCCC1OCC(CCCCO)O1. The smallest absolute Gasteiger partial charge is 0.158 e. The molecule has 1 rings (SSSR count). The normalized spacial score (nSPS) is 25.1. The van der Waals surface area contributed by atoms with E-state index in [1.165, 1.54) is 25.7 Å². The Morgan fingerprint density at radius 3 is 2.62 bits per heavy atom. The first-order valence-corrected chi connectivity index (χ1v) is 6.74. The van der Waals surface area contributed by atoms with Crippen molar-refractivity contribution in [3.05, 3.63) is 0 Å². The van der Waals surface area contributed by atoms with Gasteiger partial charge in [-0.2, -0.15) is 0 Å². The minimum Gasteiger partial charge on any atom is -0.396 e. The Labute approximate surface area is 99.1 Å². The van der Waals surface area contributed by atoms with Gasteiger partial charge < -0.3 is 14.6 Å². The van der Waals surface area contributed by atoms with Gasteiger partial charge in [0, 0.05) is 6.61 Å². The van der Waals surface area contributed by atoms with Crippen molar-refractivity contribution in [3.8, 4) is 0 Å². The monoisotopic (exact) mass is 230 g/mol. The standard InChI is InChI=1S/C13H26O3/c1-2-3-4-5-9-13-15-11-12(16-13)8-6-7-10-14/h12-14H,2-11H2,1H3. The third-order valence-electron chi connectivity index (χ3n) is 3.04. The molecule has 0 radical (unpaired) electrons. The maximum atomic E-state index is 8.69. The maximum absolute atomic E-state index is 8.69. The van der Waals surface area contributed by atoms with Gasteiger partial charge in [-0.15, -0.1) is 0 Å². The summed E-state index contributed by atoms with van der Waals surface area (Å²) in [6.45, 7) is 3.25. The fourth-order valence-corrected chi connectivity index (χ4v) is 2.03. The van der Waals surface area contributed by atoms with Crippen molar-refractivity contribution in [2.45, 2.75) is 70.7 Å². The first kappa shape index (κ1) is 13.9. The van der Waals surface area contributed by atoms with Crippen molar-refractivity contribution >= 4 is 0 Å². The highest BCUT2D eigenvalue weighted by Crippen LogP contribution is 2.20. The summed E-state index contributed by atoms with van der Waals surface area (Å²) < 4.78 is 11.4. The zero-order valence-corrected chi connectivity index (χ0v) is 10.5. The van der Waals surface area contributed by atoms with E-state index in [2.05, 4.69) is 6.92 Å². The molecule has 0 aromatic heterocycles. The molecule has 0 spiro atoms.